The number of carbonyl (C=O) groups excluding carboxylic acids is 7. The lowest BCUT2D eigenvalue weighted by Crippen LogP contribution is -2.62. The maximum absolute atomic E-state index is 14.5. The van der Waals surface area contributed by atoms with Crippen molar-refractivity contribution < 1.29 is 58.7 Å². The maximum Gasteiger partial charge on any atom is 0.333 e. The van der Waals surface area contributed by atoms with E-state index < -0.39 is 107 Å². The molecule has 1 saturated heterocycles. The van der Waals surface area contributed by atoms with E-state index in [1.54, 1.807) is 66.7 Å². The summed E-state index contributed by atoms with van der Waals surface area (Å²) < 4.78 is 5.81. The van der Waals surface area contributed by atoms with Crippen LogP contribution in [0.15, 0.2) is 115 Å². The second kappa shape index (κ2) is 20.7. The molecule has 6 rings (SSSR count). The maximum atomic E-state index is 14.5. The van der Waals surface area contributed by atoms with Crippen LogP contribution in [0.3, 0.4) is 0 Å². The number of H-pyrrole nitrogens is 1. The molecule has 1 aromatic heterocycles. The van der Waals surface area contributed by atoms with Gasteiger partial charge in [-0.2, -0.15) is 0 Å². The highest BCUT2D eigenvalue weighted by Gasteiger charge is 2.39. The van der Waals surface area contributed by atoms with Crippen LogP contribution < -0.4 is 31.9 Å². The van der Waals surface area contributed by atoms with E-state index >= 15 is 0 Å². The topological polar surface area (TPSA) is 298 Å². The molecular formula is C46H47N7O12. The molecule has 11 N–H and O–H groups in total. The quantitative estimate of drug-likeness (QED) is 0.0891. The molecule has 5 aromatic rings. The van der Waals surface area contributed by atoms with Gasteiger partial charge < -0.3 is 62.0 Å². The lowest BCUT2D eigenvalue weighted by Gasteiger charge is -2.31. The Labute approximate surface area is 371 Å². The van der Waals surface area contributed by atoms with Gasteiger partial charge in [0.05, 0.1) is 0 Å². The molecular weight excluding hydrogens is 843 g/mol. The zero-order chi connectivity index (χ0) is 46.8. The van der Waals surface area contributed by atoms with Crippen molar-refractivity contribution in [3.05, 3.63) is 143 Å². The first-order valence-electron chi connectivity index (χ1n) is 20.3. The molecule has 1 fully saturated rings. The van der Waals surface area contributed by atoms with E-state index in [1.807, 2.05) is 0 Å². The van der Waals surface area contributed by atoms with Gasteiger partial charge in [0.2, 0.25) is 29.5 Å². The van der Waals surface area contributed by atoms with Crippen molar-refractivity contribution in [1.29, 1.82) is 0 Å². The zero-order valence-corrected chi connectivity index (χ0v) is 35.0. The van der Waals surface area contributed by atoms with E-state index in [-0.39, 0.29) is 29.7 Å². The monoisotopic (exact) mass is 889 g/mol. The number of phenolic OH excluding ortho intramolecular Hbond substituents is 4. The van der Waals surface area contributed by atoms with Crippen LogP contribution in [0.5, 0.6) is 23.0 Å². The van der Waals surface area contributed by atoms with Gasteiger partial charge in [-0.25, -0.2) is 4.79 Å². The Morgan fingerprint density at radius 3 is 1.75 bits per heavy atom. The number of esters is 1. The minimum atomic E-state index is -1.91. The van der Waals surface area contributed by atoms with Gasteiger partial charge in [-0.3, -0.25) is 28.8 Å². The van der Waals surface area contributed by atoms with Crippen molar-refractivity contribution in [2.24, 2.45) is 0 Å². The molecule has 1 aliphatic rings. The molecule has 0 saturated carbocycles. The number of aromatic hydroxyl groups is 4. The van der Waals surface area contributed by atoms with Crippen molar-refractivity contribution in [1.82, 2.24) is 36.9 Å². The molecule has 338 valence electrons. The molecule has 0 unspecified atom stereocenters. The average Bonchev–Trinajstić information content (AvgIpc) is 3.81. The molecule has 6 amide bonds. The van der Waals surface area contributed by atoms with Gasteiger partial charge in [-0.05, 0) is 72.5 Å². The summed E-state index contributed by atoms with van der Waals surface area (Å²) in [4.78, 5) is 101. The number of hydrogen-bond acceptors (Lipinski definition) is 12. The zero-order valence-electron chi connectivity index (χ0n) is 35.0. The minimum absolute atomic E-state index is 0.0617. The summed E-state index contributed by atoms with van der Waals surface area (Å²) in [5, 5.41) is 56.8. The van der Waals surface area contributed by atoms with Gasteiger partial charge in [0.25, 0.3) is 5.91 Å². The number of cyclic esters (lactones) is 1. The number of benzene rings is 4. The van der Waals surface area contributed by atoms with Crippen LogP contribution in [0.25, 0.3) is 0 Å². The van der Waals surface area contributed by atoms with Crippen LogP contribution in [-0.2, 0) is 46.3 Å². The fourth-order valence-electron chi connectivity index (χ4n) is 7.08. The number of aromatic nitrogens is 1. The Kier molecular flexibility index (Phi) is 14.7. The first-order chi connectivity index (χ1) is 31.0. The number of carbonyl (C=O) groups is 7. The molecule has 0 aliphatic carbocycles. The van der Waals surface area contributed by atoms with E-state index in [2.05, 4.69) is 36.9 Å². The molecule has 0 bridgehead atoms. The Hall–Kier alpha value is -8.35. The number of ether oxygens (including phenoxy) is 1. The summed E-state index contributed by atoms with van der Waals surface area (Å²) in [6, 6.07) is 16.7. The first kappa shape index (κ1) is 46.2. The van der Waals surface area contributed by atoms with Gasteiger partial charge in [-0.15, -0.1) is 0 Å². The predicted octanol–water partition coefficient (Wildman–Crippen LogP) is 1.56. The number of nitrogens with one attached hydrogen (secondary N) is 7. The molecule has 65 heavy (non-hydrogen) atoms. The van der Waals surface area contributed by atoms with Crippen molar-refractivity contribution >= 4 is 41.4 Å². The van der Waals surface area contributed by atoms with E-state index in [4.69, 9.17) is 4.74 Å². The van der Waals surface area contributed by atoms with Crippen molar-refractivity contribution in [2.45, 2.75) is 69.0 Å². The normalized spacial score (nSPS) is 21.4. The Balaban J connectivity index is 1.43. The molecule has 4 aromatic carbocycles. The molecule has 19 heteroatoms. The van der Waals surface area contributed by atoms with Gasteiger partial charge in [0.15, 0.2) is 6.04 Å². The van der Waals surface area contributed by atoms with Crippen LogP contribution in [-0.4, -0.2) is 97.1 Å². The van der Waals surface area contributed by atoms with E-state index in [1.165, 1.54) is 26.1 Å². The lowest BCUT2D eigenvalue weighted by molar-refractivity contribution is -0.156. The van der Waals surface area contributed by atoms with Crippen molar-refractivity contribution in [3.8, 4) is 23.0 Å². The fraction of sp³-hybridized carbons (Fsp3) is 0.239. The third-order valence-corrected chi connectivity index (χ3v) is 10.4. The summed E-state index contributed by atoms with van der Waals surface area (Å²) in [6.45, 7) is 2.54. The van der Waals surface area contributed by atoms with E-state index in [0.29, 0.717) is 11.1 Å². The predicted molar refractivity (Wildman–Crippen MR) is 231 cm³/mol. The van der Waals surface area contributed by atoms with Crippen LogP contribution in [0.4, 0.5) is 0 Å². The second-order valence-electron chi connectivity index (χ2n) is 15.4. The van der Waals surface area contributed by atoms with E-state index in [9.17, 15) is 54.0 Å². The molecule has 19 nitrogen and oxygen atoms in total. The number of phenols is 4. The van der Waals surface area contributed by atoms with Crippen LogP contribution in [0, 0.1) is 0 Å². The average molecular weight is 890 g/mol. The molecule has 1 aliphatic heterocycles. The standard InChI is InChI=1S/C46H47N7O12/c1-24-40(58)52-38(28-18-30(54)22-31(55)19-28)45(63)53-39(29-20-32(56)23-33(57)21-29)46(64)65-25(2)37(44(62)50-35(42(60)48-24)16-26-10-5-3-6-11-26)51-43(61)36(17-27-12-7-4-8-13-27)49-41(59)34-14-9-15-47-34/h3-15,18-25,35-39,47,54-57H,16-17H2,1-2H3,(H,48,60)(H,49,59)(H,50,62)(H,51,61)(H,52,58)(H,53,63)/t24-,25-,35+,36+,37-,38-,39-/m1/s1. The van der Waals surface area contributed by atoms with E-state index in [0.717, 1.165) is 36.4 Å². The number of rotatable bonds is 10. The number of amides is 6. The largest absolute Gasteiger partial charge is 0.508 e. The summed E-state index contributed by atoms with van der Waals surface area (Å²) in [5.74, 6) is -8.93. The lowest BCUT2D eigenvalue weighted by atomic mass is 10.0. The van der Waals surface area contributed by atoms with Gasteiger partial charge in [0, 0.05) is 31.2 Å². The molecule has 0 spiro atoms. The Bertz CT molecular complexity index is 2500. The van der Waals surface area contributed by atoms with Crippen LogP contribution >= 0.6 is 0 Å². The van der Waals surface area contributed by atoms with Gasteiger partial charge >= 0.3 is 5.97 Å². The summed E-state index contributed by atoms with van der Waals surface area (Å²) in [5.41, 5.74) is 0.935. The van der Waals surface area contributed by atoms with Crippen LogP contribution in [0.1, 0.15) is 58.7 Å². The SMILES string of the molecule is C[C@H]1NC(=O)[C@H](Cc2ccccc2)NC(=O)[C@H](NC(=O)[C@H](Cc2ccccc2)NC(=O)c2ccc[nH]2)[C@@H](C)OC(=O)[C@@H](c2cc(O)cc(O)c2)NC(=O)[C@@H](c2cc(O)cc(O)c2)NC1=O. The first-order valence-corrected chi connectivity index (χ1v) is 20.3. The third kappa shape index (κ3) is 12.2. The molecule has 2 heterocycles. The third-order valence-electron chi connectivity index (χ3n) is 10.4. The highest BCUT2D eigenvalue weighted by Crippen LogP contribution is 2.29. The minimum Gasteiger partial charge on any atom is -0.508 e. The molecule has 0 radical (unpaired) electrons. The summed E-state index contributed by atoms with van der Waals surface area (Å²) in [6.07, 6.45) is -0.311. The highest BCUT2D eigenvalue weighted by molar-refractivity contribution is 5.99. The van der Waals surface area contributed by atoms with Crippen molar-refractivity contribution in [2.75, 3.05) is 0 Å². The van der Waals surface area contributed by atoms with Crippen LogP contribution in [0.2, 0.25) is 0 Å². The molecule has 7 atom stereocenters. The fourth-order valence-corrected chi connectivity index (χ4v) is 7.08. The summed E-state index contributed by atoms with van der Waals surface area (Å²) in [7, 11) is 0. The van der Waals surface area contributed by atoms with Crippen molar-refractivity contribution in [3.63, 3.8) is 0 Å². The van der Waals surface area contributed by atoms with Gasteiger partial charge in [-0.1, -0.05) is 60.7 Å². The summed E-state index contributed by atoms with van der Waals surface area (Å²) >= 11 is 0. The Morgan fingerprint density at radius 2 is 1.18 bits per heavy atom. The van der Waals surface area contributed by atoms with Gasteiger partial charge in [0.1, 0.15) is 65.0 Å². The number of aromatic amines is 1. The second-order valence-corrected chi connectivity index (χ2v) is 15.4. The smallest absolute Gasteiger partial charge is 0.333 e. The Morgan fingerprint density at radius 1 is 0.631 bits per heavy atom. The number of hydrogen-bond donors (Lipinski definition) is 11. The highest BCUT2D eigenvalue weighted by atomic mass is 16.5.